The molecular formula is C16H28ClNO2. The van der Waals surface area contributed by atoms with E-state index in [0.717, 1.165) is 18.8 Å². The van der Waals surface area contributed by atoms with Crippen molar-refractivity contribution in [3.63, 3.8) is 0 Å². The minimum Gasteiger partial charge on any atom is -0.491 e. The second-order valence-electron chi connectivity index (χ2n) is 5.14. The average molecular weight is 302 g/mol. The van der Waals surface area contributed by atoms with Gasteiger partial charge in [0.25, 0.3) is 0 Å². The van der Waals surface area contributed by atoms with E-state index in [2.05, 4.69) is 38.7 Å². The first-order valence-electron chi connectivity index (χ1n) is 7.20. The van der Waals surface area contributed by atoms with Crippen LogP contribution in [0.5, 0.6) is 5.75 Å². The lowest BCUT2D eigenvalue weighted by Gasteiger charge is -2.22. The third kappa shape index (κ3) is 6.12. The van der Waals surface area contributed by atoms with Crippen molar-refractivity contribution in [2.24, 2.45) is 0 Å². The number of likely N-dealkylation sites (N-methyl/N-ethyl adjacent to an activating group) is 1. The summed E-state index contributed by atoms with van der Waals surface area (Å²) < 4.78 is 5.77. The number of aliphatic hydroxyl groups excluding tert-OH is 1. The largest absolute Gasteiger partial charge is 0.491 e. The molecule has 0 aliphatic rings. The van der Waals surface area contributed by atoms with Crippen molar-refractivity contribution in [1.29, 1.82) is 0 Å². The Hall–Kier alpha value is -0.770. The molecule has 1 aromatic carbocycles. The fourth-order valence-electron chi connectivity index (χ4n) is 2.11. The second-order valence-corrected chi connectivity index (χ2v) is 5.14. The molecule has 0 aliphatic carbocycles. The maximum atomic E-state index is 10.0. The minimum atomic E-state index is -0.444. The van der Waals surface area contributed by atoms with Crippen molar-refractivity contribution in [2.75, 3.05) is 26.2 Å². The summed E-state index contributed by atoms with van der Waals surface area (Å²) in [5.74, 6) is 1.31. The molecular weight excluding hydrogens is 274 g/mol. The molecule has 1 atom stereocenters. The second kappa shape index (κ2) is 10.0. The lowest BCUT2D eigenvalue weighted by Crippen LogP contribution is -2.35. The van der Waals surface area contributed by atoms with Gasteiger partial charge in [0.1, 0.15) is 18.5 Å². The number of rotatable bonds is 8. The highest BCUT2D eigenvalue weighted by atomic mass is 35.5. The van der Waals surface area contributed by atoms with Crippen molar-refractivity contribution in [3.05, 3.63) is 29.8 Å². The third-order valence-corrected chi connectivity index (χ3v) is 3.34. The summed E-state index contributed by atoms with van der Waals surface area (Å²) >= 11 is 0. The number of halogens is 1. The fraction of sp³-hybridized carbons (Fsp3) is 0.625. The van der Waals surface area contributed by atoms with Crippen LogP contribution >= 0.6 is 12.4 Å². The van der Waals surface area contributed by atoms with E-state index in [-0.39, 0.29) is 12.4 Å². The standard InChI is InChI=1S/C16H27NO2.ClH/c1-5-17(6-2)11-14(18)12-19-16-10-8-7-9-15(16)13(3)4;/h7-10,13-14,18H,5-6,11-12H2,1-4H3;1H. The SMILES string of the molecule is CCN(CC)CC(O)COc1ccccc1C(C)C.Cl. The molecule has 20 heavy (non-hydrogen) atoms. The Labute approximate surface area is 129 Å². The van der Waals surface area contributed by atoms with Crippen LogP contribution in [0.3, 0.4) is 0 Å². The van der Waals surface area contributed by atoms with Gasteiger partial charge in [-0.3, -0.25) is 0 Å². The molecule has 0 bridgehead atoms. The summed E-state index contributed by atoms with van der Waals surface area (Å²) in [6.07, 6.45) is -0.444. The van der Waals surface area contributed by atoms with Gasteiger partial charge in [-0.05, 0) is 30.6 Å². The Morgan fingerprint density at radius 2 is 1.75 bits per heavy atom. The molecule has 0 aromatic heterocycles. The van der Waals surface area contributed by atoms with Crippen LogP contribution in [0.2, 0.25) is 0 Å². The number of ether oxygens (including phenoxy) is 1. The molecule has 0 saturated heterocycles. The van der Waals surface area contributed by atoms with Crippen molar-refractivity contribution >= 4 is 12.4 Å². The first-order chi connectivity index (χ1) is 9.08. The number of benzene rings is 1. The van der Waals surface area contributed by atoms with Crippen LogP contribution in [0, 0.1) is 0 Å². The highest BCUT2D eigenvalue weighted by Gasteiger charge is 2.12. The summed E-state index contributed by atoms with van der Waals surface area (Å²) in [7, 11) is 0. The van der Waals surface area contributed by atoms with Gasteiger partial charge >= 0.3 is 0 Å². The van der Waals surface area contributed by atoms with Crippen molar-refractivity contribution in [3.8, 4) is 5.75 Å². The van der Waals surface area contributed by atoms with Gasteiger partial charge < -0.3 is 14.7 Å². The Bertz CT molecular complexity index is 367. The first kappa shape index (κ1) is 19.2. The van der Waals surface area contributed by atoms with Crippen molar-refractivity contribution in [2.45, 2.75) is 39.7 Å². The average Bonchev–Trinajstić information content (AvgIpc) is 2.42. The van der Waals surface area contributed by atoms with Crippen LogP contribution in [0.25, 0.3) is 0 Å². The molecule has 1 aromatic rings. The van der Waals surface area contributed by atoms with Crippen LogP contribution in [-0.2, 0) is 0 Å². The highest BCUT2D eigenvalue weighted by molar-refractivity contribution is 5.85. The van der Waals surface area contributed by atoms with Gasteiger partial charge in [-0.1, -0.05) is 45.9 Å². The van der Waals surface area contributed by atoms with E-state index >= 15 is 0 Å². The summed E-state index contributed by atoms with van der Waals surface area (Å²) in [5, 5.41) is 10.0. The van der Waals surface area contributed by atoms with Gasteiger partial charge in [0.2, 0.25) is 0 Å². The summed E-state index contributed by atoms with van der Waals surface area (Å²) in [5.41, 5.74) is 1.19. The number of aliphatic hydroxyl groups is 1. The van der Waals surface area contributed by atoms with Crippen LogP contribution in [-0.4, -0.2) is 42.4 Å². The van der Waals surface area contributed by atoms with Crippen molar-refractivity contribution in [1.82, 2.24) is 4.90 Å². The van der Waals surface area contributed by atoms with Gasteiger partial charge in [0.05, 0.1) is 0 Å². The molecule has 0 fully saturated rings. The third-order valence-electron chi connectivity index (χ3n) is 3.34. The van der Waals surface area contributed by atoms with Gasteiger partial charge in [-0.25, -0.2) is 0 Å². The van der Waals surface area contributed by atoms with Crippen molar-refractivity contribution < 1.29 is 9.84 Å². The zero-order valence-corrected chi connectivity index (χ0v) is 13.8. The van der Waals surface area contributed by atoms with Gasteiger partial charge in [0.15, 0.2) is 0 Å². The lowest BCUT2D eigenvalue weighted by atomic mass is 10.0. The smallest absolute Gasteiger partial charge is 0.122 e. The van der Waals surface area contributed by atoms with E-state index in [0.29, 0.717) is 19.1 Å². The van der Waals surface area contributed by atoms with E-state index in [1.807, 2.05) is 18.2 Å². The zero-order chi connectivity index (χ0) is 14.3. The van der Waals surface area contributed by atoms with Crippen LogP contribution < -0.4 is 4.74 Å². The van der Waals surface area contributed by atoms with E-state index in [9.17, 15) is 5.11 Å². The quantitative estimate of drug-likeness (QED) is 0.799. The molecule has 0 amide bonds. The van der Waals surface area contributed by atoms with E-state index in [4.69, 9.17) is 4.74 Å². The monoisotopic (exact) mass is 301 g/mol. The first-order valence-corrected chi connectivity index (χ1v) is 7.20. The Balaban J connectivity index is 0.00000361. The zero-order valence-electron chi connectivity index (χ0n) is 13.0. The molecule has 1 unspecified atom stereocenters. The molecule has 3 nitrogen and oxygen atoms in total. The molecule has 0 radical (unpaired) electrons. The van der Waals surface area contributed by atoms with Crippen LogP contribution in [0.4, 0.5) is 0 Å². The van der Waals surface area contributed by atoms with Gasteiger partial charge in [-0.2, -0.15) is 0 Å². The molecule has 1 rings (SSSR count). The normalized spacial score (nSPS) is 12.3. The molecule has 0 aliphatic heterocycles. The Kier molecular flexibility index (Phi) is 9.64. The Morgan fingerprint density at radius 1 is 1.15 bits per heavy atom. The number of hydrogen-bond acceptors (Lipinski definition) is 3. The molecule has 1 N–H and O–H groups in total. The number of hydrogen-bond donors (Lipinski definition) is 1. The maximum absolute atomic E-state index is 10.0. The molecule has 0 saturated carbocycles. The molecule has 116 valence electrons. The van der Waals surface area contributed by atoms with E-state index in [1.165, 1.54) is 5.56 Å². The topological polar surface area (TPSA) is 32.7 Å². The van der Waals surface area contributed by atoms with Gasteiger partial charge in [0, 0.05) is 6.54 Å². The van der Waals surface area contributed by atoms with E-state index < -0.39 is 6.10 Å². The number of nitrogens with zero attached hydrogens (tertiary/aromatic N) is 1. The molecule has 4 heteroatoms. The summed E-state index contributed by atoms with van der Waals surface area (Å²) in [4.78, 5) is 2.20. The van der Waals surface area contributed by atoms with Gasteiger partial charge in [-0.15, -0.1) is 12.4 Å². The molecule has 0 spiro atoms. The maximum Gasteiger partial charge on any atom is 0.122 e. The molecule has 0 heterocycles. The fourth-order valence-corrected chi connectivity index (χ4v) is 2.11. The minimum absolute atomic E-state index is 0. The lowest BCUT2D eigenvalue weighted by molar-refractivity contribution is 0.0712. The predicted octanol–water partition coefficient (Wildman–Crippen LogP) is 3.31. The number of para-hydroxylation sites is 1. The summed E-state index contributed by atoms with van der Waals surface area (Å²) in [6, 6.07) is 8.04. The highest BCUT2D eigenvalue weighted by Crippen LogP contribution is 2.25. The van der Waals surface area contributed by atoms with E-state index in [1.54, 1.807) is 0 Å². The predicted molar refractivity (Wildman–Crippen MR) is 87.1 cm³/mol. The summed E-state index contributed by atoms with van der Waals surface area (Å²) in [6.45, 7) is 11.4. The Morgan fingerprint density at radius 3 is 2.30 bits per heavy atom. The van der Waals surface area contributed by atoms with Crippen LogP contribution in [0.1, 0.15) is 39.2 Å². The van der Waals surface area contributed by atoms with Crippen LogP contribution in [0.15, 0.2) is 24.3 Å².